The molecule has 4 nitrogen and oxygen atoms in total. The second kappa shape index (κ2) is 7.55. The van der Waals surface area contributed by atoms with Crippen molar-refractivity contribution in [3.63, 3.8) is 0 Å². The van der Waals surface area contributed by atoms with E-state index in [9.17, 15) is 9.36 Å². The van der Waals surface area contributed by atoms with Gasteiger partial charge in [0.2, 0.25) is 0 Å². The Morgan fingerprint density at radius 3 is 1.94 bits per heavy atom. The topological polar surface area (TPSA) is 52.6 Å². The average molecular weight is 246 g/mol. The van der Waals surface area contributed by atoms with E-state index in [-0.39, 0.29) is 18.5 Å². The molecule has 0 unspecified atom stereocenters. The van der Waals surface area contributed by atoms with Gasteiger partial charge in [-0.3, -0.25) is 9.36 Å². The Morgan fingerprint density at radius 1 is 1.12 bits per heavy atom. The molecule has 0 aromatic rings. The van der Waals surface area contributed by atoms with Gasteiger partial charge in [-0.1, -0.05) is 11.6 Å². The van der Waals surface area contributed by atoms with E-state index in [1.807, 2.05) is 13.8 Å². The highest BCUT2D eigenvalue weighted by Crippen LogP contribution is 2.55. The molecule has 0 saturated heterocycles. The Hall–Kier alpha value is -0.700. The van der Waals surface area contributed by atoms with Crippen molar-refractivity contribution in [2.75, 3.05) is 13.2 Å². The third-order valence-electron chi connectivity index (χ3n) is 1.62. The maximum absolute atomic E-state index is 12.2. The molecule has 16 heavy (non-hydrogen) atoms. The number of aldehydes is 1. The van der Waals surface area contributed by atoms with E-state index in [2.05, 4.69) is 0 Å². The molecular formula is C11H19O4P. The van der Waals surface area contributed by atoms with Crippen molar-refractivity contribution in [2.45, 2.75) is 27.7 Å². The average Bonchev–Trinajstić information content (AvgIpc) is 2.18. The van der Waals surface area contributed by atoms with Crippen LogP contribution in [-0.2, 0) is 18.4 Å². The highest BCUT2D eigenvalue weighted by molar-refractivity contribution is 7.59. The van der Waals surface area contributed by atoms with E-state index in [0.29, 0.717) is 6.29 Å². The molecule has 0 atom stereocenters. The second-order valence-corrected chi connectivity index (χ2v) is 5.31. The quantitative estimate of drug-likeness (QED) is 0.299. The van der Waals surface area contributed by atoms with Crippen LogP contribution >= 0.6 is 7.60 Å². The summed E-state index contributed by atoms with van der Waals surface area (Å²) in [6.07, 6.45) is 3.70. The number of allylic oxidation sites excluding steroid dienone is 4. The molecular weight excluding hydrogens is 227 g/mol. The Balaban J connectivity index is 5.14. The van der Waals surface area contributed by atoms with Gasteiger partial charge >= 0.3 is 7.60 Å². The zero-order valence-electron chi connectivity index (χ0n) is 10.2. The number of hydrogen-bond acceptors (Lipinski definition) is 4. The van der Waals surface area contributed by atoms with E-state index in [0.717, 1.165) is 5.57 Å². The highest BCUT2D eigenvalue weighted by Gasteiger charge is 2.28. The first-order chi connectivity index (χ1) is 7.50. The van der Waals surface area contributed by atoms with Gasteiger partial charge in [-0.15, -0.1) is 0 Å². The highest BCUT2D eigenvalue weighted by atomic mass is 31.2. The number of carbonyl (C=O) groups excluding carboxylic acids is 1. The lowest BCUT2D eigenvalue weighted by Gasteiger charge is -2.16. The summed E-state index contributed by atoms with van der Waals surface area (Å²) in [5.74, 6) is 0. The molecule has 0 N–H and O–H groups in total. The van der Waals surface area contributed by atoms with Gasteiger partial charge in [0.25, 0.3) is 0 Å². The maximum atomic E-state index is 12.2. The van der Waals surface area contributed by atoms with Gasteiger partial charge in [0, 0.05) is 0 Å². The minimum atomic E-state index is -3.44. The summed E-state index contributed by atoms with van der Waals surface area (Å²) >= 11 is 0. The van der Waals surface area contributed by atoms with Crippen LogP contribution in [0.2, 0.25) is 0 Å². The fourth-order valence-electron chi connectivity index (χ4n) is 0.973. The normalized spacial score (nSPS) is 12.4. The van der Waals surface area contributed by atoms with Crippen LogP contribution < -0.4 is 0 Å². The first-order valence-corrected chi connectivity index (χ1v) is 6.74. The largest absolute Gasteiger partial charge is 0.364 e. The van der Waals surface area contributed by atoms with Crippen molar-refractivity contribution in [1.29, 1.82) is 0 Å². The van der Waals surface area contributed by atoms with Gasteiger partial charge in [0.1, 0.15) is 5.31 Å². The fourth-order valence-corrected chi connectivity index (χ4v) is 2.41. The minimum Gasteiger partial charge on any atom is -0.305 e. The zero-order valence-corrected chi connectivity index (χ0v) is 11.1. The molecule has 0 heterocycles. The van der Waals surface area contributed by atoms with E-state index < -0.39 is 7.60 Å². The fraction of sp³-hybridized carbons (Fsp3) is 0.545. The Labute approximate surface area is 96.9 Å². The Bertz CT molecular complexity index is 317. The lowest BCUT2D eigenvalue weighted by Crippen LogP contribution is -1.99. The molecule has 0 spiro atoms. The number of rotatable bonds is 7. The SMILES string of the molecule is CCOP(=O)(OCC)/C(C=O)=C\C=C(C)C. The standard InChI is InChI=1S/C11H19O4P/c1-5-14-16(13,15-6-2)11(9-12)8-7-10(3)4/h7-9H,5-6H2,1-4H3/b11-8-. The van der Waals surface area contributed by atoms with E-state index in [1.54, 1.807) is 19.9 Å². The van der Waals surface area contributed by atoms with Gasteiger partial charge in [-0.2, -0.15) is 0 Å². The van der Waals surface area contributed by atoms with Crippen LogP contribution in [0.1, 0.15) is 27.7 Å². The summed E-state index contributed by atoms with van der Waals surface area (Å²) in [6, 6.07) is 0. The van der Waals surface area contributed by atoms with Crippen molar-refractivity contribution in [1.82, 2.24) is 0 Å². The molecule has 0 fully saturated rings. The van der Waals surface area contributed by atoms with Crippen molar-refractivity contribution in [3.05, 3.63) is 23.0 Å². The first-order valence-electron chi connectivity index (χ1n) is 5.20. The maximum Gasteiger partial charge on any atom is 0.364 e. The summed E-state index contributed by atoms with van der Waals surface area (Å²) in [7, 11) is -3.44. The molecule has 0 aliphatic carbocycles. The minimum absolute atomic E-state index is 0.0531. The Morgan fingerprint density at radius 2 is 1.62 bits per heavy atom. The number of hydrogen-bond donors (Lipinski definition) is 0. The van der Waals surface area contributed by atoms with E-state index in [1.165, 1.54) is 6.08 Å². The smallest absolute Gasteiger partial charge is 0.305 e. The van der Waals surface area contributed by atoms with Crippen LogP contribution in [0.4, 0.5) is 0 Å². The monoisotopic (exact) mass is 246 g/mol. The predicted molar refractivity (Wildman–Crippen MR) is 64.4 cm³/mol. The molecule has 92 valence electrons. The summed E-state index contributed by atoms with van der Waals surface area (Å²) in [5, 5.41) is 0.0531. The summed E-state index contributed by atoms with van der Waals surface area (Å²) in [4.78, 5) is 10.9. The van der Waals surface area contributed by atoms with Crippen LogP contribution in [0.15, 0.2) is 23.0 Å². The molecule has 0 aliphatic rings. The molecule has 0 aromatic heterocycles. The molecule has 0 radical (unpaired) electrons. The van der Waals surface area contributed by atoms with Crippen molar-refractivity contribution in [3.8, 4) is 0 Å². The van der Waals surface area contributed by atoms with Crippen LogP contribution in [0.25, 0.3) is 0 Å². The van der Waals surface area contributed by atoms with Crippen LogP contribution in [0.5, 0.6) is 0 Å². The van der Waals surface area contributed by atoms with Crippen LogP contribution in [0.3, 0.4) is 0 Å². The third kappa shape index (κ3) is 4.88. The number of carbonyl (C=O) groups is 1. The summed E-state index contributed by atoms with van der Waals surface area (Å²) < 4.78 is 22.3. The van der Waals surface area contributed by atoms with E-state index in [4.69, 9.17) is 9.05 Å². The lowest BCUT2D eigenvalue weighted by atomic mass is 10.3. The van der Waals surface area contributed by atoms with Gasteiger partial charge in [-0.25, -0.2) is 0 Å². The summed E-state index contributed by atoms with van der Waals surface area (Å²) in [6.45, 7) is 7.63. The molecule has 0 saturated carbocycles. The summed E-state index contributed by atoms with van der Waals surface area (Å²) in [5.41, 5.74) is 0.999. The van der Waals surface area contributed by atoms with Crippen molar-refractivity contribution in [2.24, 2.45) is 0 Å². The first kappa shape index (κ1) is 15.3. The van der Waals surface area contributed by atoms with Crippen LogP contribution in [0, 0.1) is 0 Å². The van der Waals surface area contributed by atoms with E-state index >= 15 is 0 Å². The molecule has 0 rings (SSSR count). The zero-order chi connectivity index (χ0) is 12.6. The van der Waals surface area contributed by atoms with Gasteiger partial charge in [-0.05, 0) is 33.8 Å². The second-order valence-electron chi connectivity index (χ2n) is 3.29. The van der Waals surface area contributed by atoms with Crippen molar-refractivity contribution < 1.29 is 18.4 Å². The molecule has 0 bridgehead atoms. The van der Waals surface area contributed by atoms with Gasteiger partial charge < -0.3 is 9.05 Å². The predicted octanol–water partition coefficient (Wildman–Crippen LogP) is 3.30. The van der Waals surface area contributed by atoms with Gasteiger partial charge in [0.05, 0.1) is 13.2 Å². The Kier molecular flexibility index (Phi) is 7.22. The lowest BCUT2D eigenvalue weighted by molar-refractivity contribution is -0.104. The van der Waals surface area contributed by atoms with Crippen LogP contribution in [-0.4, -0.2) is 19.5 Å². The molecule has 0 aliphatic heterocycles. The molecule has 0 aromatic carbocycles. The third-order valence-corrected chi connectivity index (χ3v) is 3.71. The van der Waals surface area contributed by atoms with Crippen molar-refractivity contribution >= 4 is 13.9 Å². The molecule has 5 heteroatoms. The molecule has 0 amide bonds. The van der Waals surface area contributed by atoms with Gasteiger partial charge in [0.15, 0.2) is 6.29 Å².